The average Bonchev–Trinajstić information content (AvgIpc) is 3.39. The van der Waals surface area contributed by atoms with Crippen LogP contribution in [0.2, 0.25) is 0 Å². The summed E-state index contributed by atoms with van der Waals surface area (Å²) in [4.78, 5) is 16.8. The maximum atomic E-state index is 4.77. The number of para-hydroxylation sites is 1. The first-order valence-electron chi connectivity index (χ1n) is 8.75. The number of aromatic amines is 1. The lowest BCUT2D eigenvalue weighted by Crippen LogP contribution is -2.07. The molecule has 3 heterocycles. The highest BCUT2D eigenvalue weighted by atomic mass is 15.2. The molecular weight excluding hydrogens is 324 g/mol. The molecule has 0 bridgehead atoms. The maximum Gasteiger partial charge on any atom is 0.231 e. The lowest BCUT2D eigenvalue weighted by atomic mass is 10.1. The molecule has 3 N–H and O–H groups in total. The van der Waals surface area contributed by atoms with Crippen molar-refractivity contribution in [1.29, 1.82) is 0 Å². The van der Waals surface area contributed by atoms with Gasteiger partial charge in [-0.3, -0.25) is 4.98 Å². The molecule has 1 saturated carbocycles. The van der Waals surface area contributed by atoms with Crippen molar-refractivity contribution in [2.75, 3.05) is 10.6 Å². The predicted molar refractivity (Wildman–Crippen MR) is 103 cm³/mol. The molecule has 128 valence electrons. The fourth-order valence-corrected chi connectivity index (χ4v) is 3.02. The van der Waals surface area contributed by atoms with Crippen LogP contribution in [0, 0.1) is 0 Å². The standard InChI is InChI=1S/C20H18N6/c1-2-4-14(5-3-1)24-20-25-18-17(19(26-20)23-15-6-7-15)16(12-22-18)13-8-10-21-11-9-13/h1-5,8-12,15H,6-7H2,(H3,22,23,24,25,26). The molecule has 0 unspecified atom stereocenters. The summed E-state index contributed by atoms with van der Waals surface area (Å²) in [6.07, 6.45) is 7.95. The van der Waals surface area contributed by atoms with E-state index in [-0.39, 0.29) is 0 Å². The third-order valence-electron chi connectivity index (χ3n) is 4.47. The van der Waals surface area contributed by atoms with E-state index in [1.165, 1.54) is 12.8 Å². The number of hydrogen-bond acceptors (Lipinski definition) is 5. The van der Waals surface area contributed by atoms with Gasteiger partial charge in [0.2, 0.25) is 5.95 Å². The van der Waals surface area contributed by atoms with Crippen molar-refractivity contribution in [3.05, 3.63) is 61.1 Å². The number of H-pyrrole nitrogens is 1. The first-order valence-corrected chi connectivity index (χ1v) is 8.75. The zero-order valence-corrected chi connectivity index (χ0v) is 14.1. The molecule has 26 heavy (non-hydrogen) atoms. The number of nitrogens with one attached hydrogen (secondary N) is 3. The number of nitrogens with zero attached hydrogens (tertiary/aromatic N) is 3. The highest BCUT2D eigenvalue weighted by molar-refractivity contribution is 6.01. The van der Waals surface area contributed by atoms with Crippen LogP contribution in [0.1, 0.15) is 12.8 Å². The van der Waals surface area contributed by atoms with Gasteiger partial charge in [-0.05, 0) is 42.7 Å². The van der Waals surface area contributed by atoms with E-state index in [2.05, 4.69) is 25.6 Å². The molecule has 1 aromatic carbocycles. The van der Waals surface area contributed by atoms with Crippen molar-refractivity contribution in [1.82, 2.24) is 19.9 Å². The minimum absolute atomic E-state index is 0.498. The molecule has 6 heteroatoms. The molecular formula is C20H18N6. The van der Waals surface area contributed by atoms with Gasteiger partial charge in [-0.2, -0.15) is 9.97 Å². The largest absolute Gasteiger partial charge is 0.367 e. The fourth-order valence-electron chi connectivity index (χ4n) is 3.02. The third kappa shape index (κ3) is 2.86. The van der Waals surface area contributed by atoms with Crippen LogP contribution in [0.3, 0.4) is 0 Å². The van der Waals surface area contributed by atoms with E-state index in [0.717, 1.165) is 33.7 Å². The Morgan fingerprint density at radius 1 is 0.962 bits per heavy atom. The predicted octanol–water partition coefficient (Wildman–Crippen LogP) is 4.34. The summed E-state index contributed by atoms with van der Waals surface area (Å²) in [5.74, 6) is 1.44. The van der Waals surface area contributed by atoms with Crippen LogP contribution in [-0.4, -0.2) is 26.0 Å². The molecule has 3 aromatic heterocycles. The fraction of sp³-hybridized carbons (Fsp3) is 0.150. The van der Waals surface area contributed by atoms with Gasteiger partial charge in [0.1, 0.15) is 11.5 Å². The number of anilines is 3. The zero-order valence-electron chi connectivity index (χ0n) is 14.1. The number of rotatable bonds is 5. The average molecular weight is 342 g/mol. The Bertz CT molecular complexity index is 1040. The first kappa shape index (κ1) is 14.9. The monoisotopic (exact) mass is 342 g/mol. The van der Waals surface area contributed by atoms with E-state index >= 15 is 0 Å². The molecule has 1 fully saturated rings. The van der Waals surface area contributed by atoms with Crippen LogP contribution in [-0.2, 0) is 0 Å². The summed E-state index contributed by atoms with van der Waals surface area (Å²) in [5, 5.41) is 7.86. The van der Waals surface area contributed by atoms with Crippen molar-refractivity contribution in [3.63, 3.8) is 0 Å². The summed E-state index contributed by atoms with van der Waals surface area (Å²) in [7, 11) is 0. The first-order chi connectivity index (χ1) is 12.9. The van der Waals surface area contributed by atoms with E-state index in [1.54, 1.807) is 12.4 Å². The van der Waals surface area contributed by atoms with Crippen molar-refractivity contribution in [2.24, 2.45) is 0 Å². The second kappa shape index (κ2) is 6.15. The van der Waals surface area contributed by atoms with Crippen molar-refractivity contribution >= 4 is 28.5 Å². The van der Waals surface area contributed by atoms with Crippen molar-refractivity contribution < 1.29 is 0 Å². The van der Waals surface area contributed by atoms with E-state index in [4.69, 9.17) is 4.98 Å². The van der Waals surface area contributed by atoms with Gasteiger partial charge in [-0.15, -0.1) is 0 Å². The molecule has 5 rings (SSSR count). The van der Waals surface area contributed by atoms with Gasteiger partial charge in [0.15, 0.2) is 0 Å². The molecule has 0 radical (unpaired) electrons. The number of fused-ring (bicyclic) bond motifs is 1. The summed E-state index contributed by atoms with van der Waals surface area (Å²) < 4.78 is 0. The second-order valence-corrected chi connectivity index (χ2v) is 6.47. The van der Waals surface area contributed by atoms with Gasteiger partial charge in [-0.1, -0.05) is 18.2 Å². The normalized spacial score (nSPS) is 13.7. The Morgan fingerprint density at radius 2 is 1.77 bits per heavy atom. The van der Waals surface area contributed by atoms with E-state index < -0.39 is 0 Å². The molecule has 1 aliphatic carbocycles. The molecule has 1 aliphatic rings. The summed E-state index contributed by atoms with van der Waals surface area (Å²) in [6.45, 7) is 0. The number of pyridine rings is 1. The van der Waals surface area contributed by atoms with E-state index in [1.807, 2.05) is 48.7 Å². The van der Waals surface area contributed by atoms with Crippen LogP contribution in [0.15, 0.2) is 61.1 Å². The van der Waals surface area contributed by atoms with Crippen molar-refractivity contribution in [2.45, 2.75) is 18.9 Å². The van der Waals surface area contributed by atoms with Crippen LogP contribution in [0.4, 0.5) is 17.5 Å². The van der Waals surface area contributed by atoms with Gasteiger partial charge in [0.25, 0.3) is 0 Å². The molecule has 0 amide bonds. The molecule has 0 atom stereocenters. The quantitative estimate of drug-likeness (QED) is 0.503. The Morgan fingerprint density at radius 3 is 2.54 bits per heavy atom. The highest BCUT2D eigenvalue weighted by Gasteiger charge is 2.24. The SMILES string of the molecule is c1ccc(Nc2nc(NC3CC3)c3c(-c4ccncc4)c[nH]c3n2)cc1. The van der Waals surface area contributed by atoms with Gasteiger partial charge in [0.05, 0.1) is 5.39 Å². The van der Waals surface area contributed by atoms with Gasteiger partial charge in [-0.25, -0.2) is 0 Å². The van der Waals surface area contributed by atoms with Gasteiger partial charge < -0.3 is 15.6 Å². The minimum atomic E-state index is 0.498. The topological polar surface area (TPSA) is 78.5 Å². The lowest BCUT2D eigenvalue weighted by Gasteiger charge is -2.11. The van der Waals surface area contributed by atoms with E-state index in [0.29, 0.717) is 12.0 Å². The van der Waals surface area contributed by atoms with Gasteiger partial charge in [0, 0.05) is 35.9 Å². The van der Waals surface area contributed by atoms with E-state index in [9.17, 15) is 0 Å². The second-order valence-electron chi connectivity index (χ2n) is 6.47. The van der Waals surface area contributed by atoms with Crippen molar-refractivity contribution in [3.8, 4) is 11.1 Å². The lowest BCUT2D eigenvalue weighted by molar-refractivity contribution is 1.10. The molecule has 0 saturated heterocycles. The smallest absolute Gasteiger partial charge is 0.231 e. The minimum Gasteiger partial charge on any atom is -0.367 e. The third-order valence-corrected chi connectivity index (χ3v) is 4.47. The Hall–Kier alpha value is -3.41. The summed E-state index contributed by atoms with van der Waals surface area (Å²) in [5.41, 5.74) is 3.95. The van der Waals surface area contributed by atoms with Crippen LogP contribution in [0.25, 0.3) is 22.2 Å². The summed E-state index contributed by atoms with van der Waals surface area (Å²) >= 11 is 0. The summed E-state index contributed by atoms with van der Waals surface area (Å²) in [6, 6.07) is 14.5. The van der Waals surface area contributed by atoms with Crippen LogP contribution in [0.5, 0.6) is 0 Å². The number of benzene rings is 1. The highest BCUT2D eigenvalue weighted by Crippen LogP contribution is 2.35. The molecule has 0 spiro atoms. The number of aromatic nitrogens is 4. The Labute approximate surface area is 150 Å². The van der Waals surface area contributed by atoms with Crippen LogP contribution < -0.4 is 10.6 Å². The Balaban J connectivity index is 1.62. The molecule has 6 nitrogen and oxygen atoms in total. The number of hydrogen-bond donors (Lipinski definition) is 3. The molecule has 0 aliphatic heterocycles. The van der Waals surface area contributed by atoms with Crippen LogP contribution >= 0.6 is 0 Å². The zero-order chi connectivity index (χ0) is 17.3. The van der Waals surface area contributed by atoms with Gasteiger partial charge >= 0.3 is 0 Å². The Kier molecular flexibility index (Phi) is 3.52. The maximum absolute atomic E-state index is 4.77. The molecule has 4 aromatic rings.